The van der Waals surface area contributed by atoms with E-state index in [9.17, 15) is 9.59 Å². The SMILES string of the molecule is Cc1ccc(C#N)cc1N1C(=O)CN(Cc2ccc(Cl)s2)C1=O. The second-order valence-corrected chi connectivity index (χ2v) is 6.99. The fourth-order valence-corrected chi connectivity index (χ4v) is 3.56. The predicted octanol–water partition coefficient (Wildman–Crippen LogP) is 3.55. The van der Waals surface area contributed by atoms with Crippen LogP contribution in [0, 0.1) is 18.3 Å². The van der Waals surface area contributed by atoms with E-state index in [0.717, 1.165) is 15.3 Å². The Labute approximate surface area is 142 Å². The van der Waals surface area contributed by atoms with Crippen LogP contribution in [0.1, 0.15) is 16.0 Å². The van der Waals surface area contributed by atoms with Gasteiger partial charge < -0.3 is 4.90 Å². The van der Waals surface area contributed by atoms with Crippen molar-refractivity contribution in [2.24, 2.45) is 0 Å². The summed E-state index contributed by atoms with van der Waals surface area (Å²) in [6.45, 7) is 2.17. The van der Waals surface area contributed by atoms with Crippen molar-refractivity contribution < 1.29 is 9.59 Å². The van der Waals surface area contributed by atoms with Gasteiger partial charge in [-0.2, -0.15) is 5.26 Å². The molecule has 2 heterocycles. The van der Waals surface area contributed by atoms with E-state index < -0.39 is 0 Å². The quantitative estimate of drug-likeness (QED) is 0.799. The number of nitrogens with zero attached hydrogens (tertiary/aromatic N) is 3. The fraction of sp³-hybridized carbons (Fsp3) is 0.188. The van der Waals surface area contributed by atoms with Crippen molar-refractivity contribution in [1.29, 1.82) is 5.26 Å². The highest BCUT2D eigenvalue weighted by molar-refractivity contribution is 7.16. The van der Waals surface area contributed by atoms with Gasteiger partial charge in [-0.1, -0.05) is 17.7 Å². The number of amides is 3. The zero-order valence-electron chi connectivity index (χ0n) is 12.2. The van der Waals surface area contributed by atoms with Crippen LogP contribution in [0.15, 0.2) is 30.3 Å². The molecule has 23 heavy (non-hydrogen) atoms. The highest BCUT2D eigenvalue weighted by Gasteiger charge is 2.38. The number of rotatable bonds is 3. The summed E-state index contributed by atoms with van der Waals surface area (Å²) < 4.78 is 0.646. The van der Waals surface area contributed by atoms with E-state index in [4.69, 9.17) is 16.9 Å². The summed E-state index contributed by atoms with van der Waals surface area (Å²) in [4.78, 5) is 28.4. The summed E-state index contributed by atoms with van der Waals surface area (Å²) in [5.41, 5.74) is 1.65. The third-order valence-electron chi connectivity index (χ3n) is 3.59. The number of thiophene rings is 1. The molecule has 5 nitrogen and oxygen atoms in total. The summed E-state index contributed by atoms with van der Waals surface area (Å²) >= 11 is 7.28. The lowest BCUT2D eigenvalue weighted by atomic mass is 10.1. The molecule has 0 bridgehead atoms. The molecule has 0 spiro atoms. The van der Waals surface area contributed by atoms with E-state index in [2.05, 4.69) is 0 Å². The zero-order chi connectivity index (χ0) is 16.6. The van der Waals surface area contributed by atoms with Gasteiger partial charge in [-0.15, -0.1) is 11.3 Å². The van der Waals surface area contributed by atoms with E-state index >= 15 is 0 Å². The van der Waals surface area contributed by atoms with Crippen LogP contribution in [0.25, 0.3) is 0 Å². The number of benzene rings is 1. The number of hydrogen-bond acceptors (Lipinski definition) is 4. The van der Waals surface area contributed by atoms with Crippen LogP contribution < -0.4 is 4.90 Å². The Bertz CT molecular complexity index is 840. The third-order valence-corrected chi connectivity index (χ3v) is 4.81. The lowest BCUT2D eigenvalue weighted by Crippen LogP contribution is -2.33. The lowest BCUT2D eigenvalue weighted by molar-refractivity contribution is -0.116. The van der Waals surface area contributed by atoms with Crippen molar-refractivity contribution in [2.75, 3.05) is 11.4 Å². The van der Waals surface area contributed by atoms with Gasteiger partial charge in [0.1, 0.15) is 6.54 Å². The van der Waals surface area contributed by atoms with E-state index in [-0.39, 0.29) is 18.5 Å². The Morgan fingerprint density at radius 3 is 2.74 bits per heavy atom. The Morgan fingerprint density at radius 2 is 2.09 bits per heavy atom. The number of carbonyl (C=O) groups is 2. The highest BCUT2D eigenvalue weighted by Crippen LogP contribution is 2.29. The van der Waals surface area contributed by atoms with Gasteiger partial charge in [-0.25, -0.2) is 9.69 Å². The summed E-state index contributed by atoms with van der Waals surface area (Å²) in [5, 5.41) is 9.02. The van der Waals surface area contributed by atoms with Crippen LogP contribution in [-0.4, -0.2) is 23.4 Å². The Balaban J connectivity index is 1.88. The van der Waals surface area contributed by atoms with Crippen molar-refractivity contribution in [3.63, 3.8) is 0 Å². The first kappa shape index (κ1) is 15.5. The summed E-state index contributed by atoms with van der Waals surface area (Å²) in [6.07, 6.45) is 0. The second kappa shape index (κ2) is 6.03. The van der Waals surface area contributed by atoms with Crippen molar-refractivity contribution in [3.8, 4) is 6.07 Å². The number of aryl methyl sites for hydroxylation is 1. The molecule has 1 aromatic heterocycles. The number of hydrogen-bond donors (Lipinski definition) is 0. The molecule has 0 radical (unpaired) electrons. The lowest BCUT2D eigenvalue weighted by Gasteiger charge is -2.18. The Kier molecular flexibility index (Phi) is 4.07. The molecular formula is C16H12ClN3O2S. The molecule has 0 aliphatic carbocycles. The molecular weight excluding hydrogens is 334 g/mol. The van der Waals surface area contributed by atoms with Gasteiger partial charge in [-0.05, 0) is 36.8 Å². The molecule has 1 saturated heterocycles. The first-order valence-corrected chi connectivity index (χ1v) is 8.06. The van der Waals surface area contributed by atoms with Crippen LogP contribution >= 0.6 is 22.9 Å². The van der Waals surface area contributed by atoms with Crippen LogP contribution in [0.3, 0.4) is 0 Å². The average molecular weight is 346 g/mol. The Morgan fingerprint density at radius 1 is 1.30 bits per heavy atom. The minimum absolute atomic E-state index is 0.0184. The van der Waals surface area contributed by atoms with Gasteiger partial charge in [0.05, 0.1) is 28.2 Å². The molecule has 0 N–H and O–H groups in total. The minimum Gasteiger partial charge on any atom is -0.309 e. The first-order chi connectivity index (χ1) is 11.0. The molecule has 1 fully saturated rings. The smallest absolute Gasteiger partial charge is 0.309 e. The summed E-state index contributed by atoms with van der Waals surface area (Å²) in [5.74, 6) is -0.296. The molecule has 2 aromatic rings. The van der Waals surface area contributed by atoms with Crippen molar-refractivity contribution in [3.05, 3.63) is 50.7 Å². The van der Waals surface area contributed by atoms with E-state index in [0.29, 0.717) is 22.1 Å². The molecule has 1 aliphatic rings. The van der Waals surface area contributed by atoms with Crippen molar-refractivity contribution in [1.82, 2.24) is 4.90 Å². The first-order valence-electron chi connectivity index (χ1n) is 6.86. The van der Waals surface area contributed by atoms with Gasteiger partial charge in [-0.3, -0.25) is 4.79 Å². The second-order valence-electron chi connectivity index (χ2n) is 5.19. The normalized spacial score (nSPS) is 14.5. The molecule has 0 unspecified atom stereocenters. The molecule has 0 atom stereocenters. The minimum atomic E-state index is -0.377. The standard InChI is InChI=1S/C16H12ClN3O2S/c1-10-2-3-11(7-18)6-13(10)20-15(21)9-19(16(20)22)8-12-4-5-14(17)23-12/h2-6H,8-9H2,1H3. The van der Waals surface area contributed by atoms with Crippen LogP contribution in [0.5, 0.6) is 0 Å². The maximum Gasteiger partial charge on any atom is 0.332 e. The highest BCUT2D eigenvalue weighted by atomic mass is 35.5. The van der Waals surface area contributed by atoms with Gasteiger partial charge in [0.15, 0.2) is 0 Å². The number of carbonyl (C=O) groups excluding carboxylic acids is 2. The van der Waals surface area contributed by atoms with Gasteiger partial charge >= 0.3 is 6.03 Å². The number of imide groups is 1. The molecule has 1 aromatic carbocycles. The van der Waals surface area contributed by atoms with Gasteiger partial charge in [0, 0.05) is 4.88 Å². The number of halogens is 1. The molecule has 3 rings (SSSR count). The molecule has 0 saturated carbocycles. The monoisotopic (exact) mass is 345 g/mol. The van der Waals surface area contributed by atoms with Crippen LogP contribution in [0.2, 0.25) is 4.34 Å². The van der Waals surface area contributed by atoms with Crippen LogP contribution in [-0.2, 0) is 11.3 Å². The molecule has 3 amide bonds. The van der Waals surface area contributed by atoms with E-state index in [1.54, 1.807) is 31.2 Å². The van der Waals surface area contributed by atoms with E-state index in [1.165, 1.54) is 16.2 Å². The average Bonchev–Trinajstić information content (AvgIpc) is 3.04. The number of nitriles is 1. The fourth-order valence-electron chi connectivity index (χ4n) is 2.46. The predicted molar refractivity (Wildman–Crippen MR) is 88.5 cm³/mol. The topological polar surface area (TPSA) is 64.4 Å². The molecule has 116 valence electrons. The zero-order valence-corrected chi connectivity index (χ0v) is 13.8. The summed E-state index contributed by atoms with van der Waals surface area (Å²) in [7, 11) is 0. The van der Waals surface area contributed by atoms with Crippen molar-refractivity contribution >= 4 is 40.6 Å². The van der Waals surface area contributed by atoms with Gasteiger partial charge in [0.25, 0.3) is 5.91 Å². The maximum absolute atomic E-state index is 12.6. The van der Waals surface area contributed by atoms with Crippen LogP contribution in [0.4, 0.5) is 10.5 Å². The molecule has 7 heteroatoms. The van der Waals surface area contributed by atoms with E-state index in [1.807, 2.05) is 12.1 Å². The number of urea groups is 1. The summed E-state index contributed by atoms with van der Waals surface area (Å²) in [6, 6.07) is 10.2. The third kappa shape index (κ3) is 2.93. The Hall–Kier alpha value is -2.36. The molecule has 1 aliphatic heterocycles. The number of anilines is 1. The van der Waals surface area contributed by atoms with Crippen molar-refractivity contribution in [2.45, 2.75) is 13.5 Å². The maximum atomic E-state index is 12.6. The van der Waals surface area contributed by atoms with Gasteiger partial charge in [0.2, 0.25) is 0 Å². The largest absolute Gasteiger partial charge is 0.332 e.